The average molecular weight is 434 g/mol. The normalized spacial score (nSPS) is 10.9. The Hall–Kier alpha value is -3.31. The molecule has 0 aliphatic rings. The SMILES string of the molecule is O=C(NCc1nc2ccccc2n1CCCCOc1ccccc1)c1ccccc1Cl. The highest BCUT2D eigenvalue weighted by molar-refractivity contribution is 6.33. The fraction of sp³-hybridized carbons (Fsp3) is 0.200. The summed E-state index contributed by atoms with van der Waals surface area (Å²) in [5.41, 5.74) is 2.45. The van der Waals surface area contributed by atoms with Gasteiger partial charge < -0.3 is 14.6 Å². The van der Waals surface area contributed by atoms with Crippen molar-refractivity contribution in [2.75, 3.05) is 6.61 Å². The van der Waals surface area contributed by atoms with Gasteiger partial charge in [-0.3, -0.25) is 4.79 Å². The van der Waals surface area contributed by atoms with E-state index >= 15 is 0 Å². The largest absolute Gasteiger partial charge is 0.494 e. The lowest BCUT2D eigenvalue weighted by molar-refractivity contribution is 0.0949. The molecule has 0 bridgehead atoms. The third kappa shape index (κ3) is 5.25. The maximum Gasteiger partial charge on any atom is 0.253 e. The average Bonchev–Trinajstić information content (AvgIpc) is 3.16. The maximum atomic E-state index is 12.6. The first-order valence-electron chi connectivity index (χ1n) is 10.4. The van der Waals surface area contributed by atoms with E-state index in [4.69, 9.17) is 21.3 Å². The number of aromatic nitrogens is 2. The van der Waals surface area contributed by atoms with E-state index in [0.29, 0.717) is 23.7 Å². The fourth-order valence-electron chi connectivity index (χ4n) is 3.49. The number of imidazole rings is 1. The van der Waals surface area contributed by atoms with Gasteiger partial charge in [0.1, 0.15) is 11.6 Å². The second-order valence-electron chi connectivity index (χ2n) is 7.20. The molecule has 5 nitrogen and oxygen atoms in total. The van der Waals surface area contributed by atoms with Crippen LogP contribution in [0, 0.1) is 0 Å². The standard InChI is InChI=1S/C25H24ClN3O2/c26-21-13-5-4-12-20(21)25(30)27-18-24-28-22-14-6-7-15-23(22)29(24)16-8-9-17-31-19-10-2-1-3-11-19/h1-7,10-15H,8-9,16-18H2,(H,27,30). The molecule has 0 spiro atoms. The smallest absolute Gasteiger partial charge is 0.253 e. The van der Waals surface area contributed by atoms with Crippen molar-refractivity contribution in [1.82, 2.24) is 14.9 Å². The monoisotopic (exact) mass is 433 g/mol. The first-order valence-corrected chi connectivity index (χ1v) is 10.7. The zero-order chi connectivity index (χ0) is 21.5. The van der Waals surface area contributed by atoms with Crippen LogP contribution in [0.3, 0.4) is 0 Å². The molecule has 1 aromatic heterocycles. The lowest BCUT2D eigenvalue weighted by Gasteiger charge is -2.11. The maximum absolute atomic E-state index is 12.6. The van der Waals surface area contributed by atoms with E-state index in [1.165, 1.54) is 0 Å². The number of carbonyl (C=O) groups excluding carboxylic acids is 1. The number of halogens is 1. The number of hydrogen-bond donors (Lipinski definition) is 1. The summed E-state index contributed by atoms with van der Waals surface area (Å²) in [7, 11) is 0. The Balaban J connectivity index is 1.39. The number of amides is 1. The number of nitrogens with zero attached hydrogens (tertiary/aromatic N) is 2. The number of ether oxygens (including phenoxy) is 1. The molecule has 1 heterocycles. The molecule has 31 heavy (non-hydrogen) atoms. The molecule has 0 saturated carbocycles. The van der Waals surface area contributed by atoms with Gasteiger partial charge in [-0.05, 0) is 49.2 Å². The quantitative estimate of drug-likeness (QED) is 0.355. The summed E-state index contributed by atoms with van der Waals surface area (Å²) >= 11 is 6.15. The van der Waals surface area contributed by atoms with Crippen molar-refractivity contribution in [2.45, 2.75) is 25.9 Å². The Morgan fingerprint density at radius 1 is 0.935 bits per heavy atom. The van der Waals surface area contributed by atoms with Crippen molar-refractivity contribution >= 4 is 28.5 Å². The molecule has 0 aliphatic carbocycles. The summed E-state index contributed by atoms with van der Waals surface area (Å²) in [5.74, 6) is 1.50. The van der Waals surface area contributed by atoms with Gasteiger partial charge in [0.15, 0.2) is 0 Å². The highest BCUT2D eigenvalue weighted by Gasteiger charge is 2.13. The number of rotatable bonds is 9. The van der Waals surface area contributed by atoms with E-state index < -0.39 is 0 Å². The second-order valence-corrected chi connectivity index (χ2v) is 7.61. The Morgan fingerprint density at radius 3 is 2.52 bits per heavy atom. The molecule has 4 rings (SSSR count). The van der Waals surface area contributed by atoms with Crippen LogP contribution in [0.2, 0.25) is 5.02 Å². The van der Waals surface area contributed by atoms with Crippen molar-refractivity contribution in [3.63, 3.8) is 0 Å². The molecule has 6 heteroatoms. The Bertz CT molecular complexity index is 1160. The minimum Gasteiger partial charge on any atom is -0.494 e. The first-order chi connectivity index (χ1) is 15.2. The van der Waals surface area contributed by atoms with E-state index in [1.807, 2.05) is 48.5 Å². The van der Waals surface area contributed by atoms with Crippen LogP contribution in [0.25, 0.3) is 11.0 Å². The van der Waals surface area contributed by atoms with Crippen LogP contribution < -0.4 is 10.1 Å². The summed E-state index contributed by atoms with van der Waals surface area (Å²) in [5, 5.41) is 3.39. The Kier molecular flexibility index (Phi) is 6.85. The Labute approximate surface area is 186 Å². The molecule has 0 fully saturated rings. The number of aryl methyl sites for hydroxylation is 1. The molecular formula is C25H24ClN3O2. The molecule has 0 radical (unpaired) electrons. The summed E-state index contributed by atoms with van der Waals surface area (Å²) in [4.78, 5) is 17.3. The van der Waals surface area contributed by atoms with Gasteiger partial charge in [-0.2, -0.15) is 0 Å². The summed E-state index contributed by atoms with van der Waals surface area (Å²) < 4.78 is 7.96. The number of unbranched alkanes of at least 4 members (excludes halogenated alkanes) is 1. The number of benzene rings is 3. The third-order valence-corrected chi connectivity index (χ3v) is 5.38. The van der Waals surface area contributed by atoms with Crippen molar-refractivity contribution in [3.8, 4) is 5.75 Å². The predicted octanol–water partition coefficient (Wildman–Crippen LogP) is 5.48. The van der Waals surface area contributed by atoms with Gasteiger partial charge in [0, 0.05) is 6.54 Å². The highest BCUT2D eigenvalue weighted by atomic mass is 35.5. The van der Waals surface area contributed by atoms with Crippen molar-refractivity contribution < 1.29 is 9.53 Å². The molecule has 4 aromatic rings. The topological polar surface area (TPSA) is 56.2 Å². The first kappa shape index (κ1) is 20.9. The van der Waals surface area contributed by atoms with Gasteiger partial charge in [0.25, 0.3) is 5.91 Å². The van der Waals surface area contributed by atoms with E-state index in [9.17, 15) is 4.79 Å². The van der Waals surface area contributed by atoms with Gasteiger partial charge in [0.2, 0.25) is 0 Å². The fourth-order valence-corrected chi connectivity index (χ4v) is 3.71. The third-order valence-electron chi connectivity index (χ3n) is 5.05. The van der Waals surface area contributed by atoms with Crippen LogP contribution >= 0.6 is 11.6 Å². The van der Waals surface area contributed by atoms with Gasteiger partial charge in [-0.1, -0.05) is 54.1 Å². The van der Waals surface area contributed by atoms with E-state index in [1.54, 1.807) is 24.3 Å². The van der Waals surface area contributed by atoms with Crippen molar-refractivity contribution in [2.24, 2.45) is 0 Å². The van der Waals surface area contributed by atoms with E-state index in [0.717, 1.165) is 42.0 Å². The summed E-state index contributed by atoms with van der Waals surface area (Å²) in [6, 6.07) is 24.9. The number of carbonyl (C=O) groups is 1. The number of hydrogen-bond acceptors (Lipinski definition) is 3. The van der Waals surface area contributed by atoms with E-state index in [-0.39, 0.29) is 5.91 Å². The van der Waals surface area contributed by atoms with Crippen LogP contribution in [-0.4, -0.2) is 22.1 Å². The predicted molar refractivity (Wildman–Crippen MR) is 124 cm³/mol. The molecule has 158 valence electrons. The summed E-state index contributed by atoms with van der Waals surface area (Å²) in [6.07, 6.45) is 1.87. The van der Waals surface area contributed by atoms with Gasteiger partial charge in [-0.25, -0.2) is 4.98 Å². The van der Waals surface area contributed by atoms with Crippen LogP contribution in [0.5, 0.6) is 5.75 Å². The van der Waals surface area contributed by atoms with Crippen LogP contribution in [0.4, 0.5) is 0 Å². The van der Waals surface area contributed by atoms with Gasteiger partial charge >= 0.3 is 0 Å². The minimum absolute atomic E-state index is 0.208. The number of para-hydroxylation sites is 3. The minimum atomic E-state index is -0.208. The second kappa shape index (κ2) is 10.1. The zero-order valence-corrected chi connectivity index (χ0v) is 17.9. The molecule has 0 atom stereocenters. The lowest BCUT2D eigenvalue weighted by Crippen LogP contribution is -2.25. The van der Waals surface area contributed by atoms with Crippen molar-refractivity contribution in [1.29, 1.82) is 0 Å². The van der Waals surface area contributed by atoms with E-state index in [2.05, 4.69) is 16.0 Å². The molecular weight excluding hydrogens is 410 g/mol. The Morgan fingerprint density at radius 2 is 1.68 bits per heavy atom. The summed E-state index contributed by atoms with van der Waals surface area (Å²) in [6.45, 7) is 1.80. The number of nitrogens with one attached hydrogen (secondary N) is 1. The molecule has 0 saturated heterocycles. The zero-order valence-electron chi connectivity index (χ0n) is 17.1. The molecule has 1 N–H and O–H groups in total. The van der Waals surface area contributed by atoms with Gasteiger partial charge in [-0.15, -0.1) is 0 Å². The lowest BCUT2D eigenvalue weighted by atomic mass is 10.2. The number of fused-ring (bicyclic) bond motifs is 1. The molecule has 3 aromatic carbocycles. The molecule has 0 aliphatic heterocycles. The van der Waals surface area contributed by atoms with Crippen LogP contribution in [-0.2, 0) is 13.1 Å². The highest BCUT2D eigenvalue weighted by Crippen LogP contribution is 2.18. The molecule has 1 amide bonds. The van der Waals surface area contributed by atoms with Crippen LogP contribution in [0.1, 0.15) is 29.0 Å². The molecule has 0 unspecified atom stereocenters. The van der Waals surface area contributed by atoms with Gasteiger partial charge in [0.05, 0.1) is 34.8 Å². The van der Waals surface area contributed by atoms with Crippen LogP contribution in [0.15, 0.2) is 78.9 Å². The van der Waals surface area contributed by atoms with Crippen molar-refractivity contribution in [3.05, 3.63) is 95.3 Å².